The summed E-state index contributed by atoms with van der Waals surface area (Å²) in [5.41, 5.74) is 1.79. The topological polar surface area (TPSA) is 66.0 Å². The zero-order valence-electron chi connectivity index (χ0n) is 17.9. The van der Waals surface area contributed by atoms with E-state index in [1.807, 2.05) is 25.2 Å². The summed E-state index contributed by atoms with van der Waals surface area (Å²) in [4.78, 5) is 19.4. The lowest BCUT2D eigenvalue weighted by molar-refractivity contribution is 0.0857. The normalized spacial score (nSPS) is 26.1. The van der Waals surface area contributed by atoms with Crippen LogP contribution in [0.15, 0.2) is 29.3 Å². The molecule has 3 unspecified atom stereocenters. The summed E-state index contributed by atoms with van der Waals surface area (Å²) < 4.78 is 5.58. The fraction of sp³-hybridized carbons (Fsp3) is 0.652. The van der Waals surface area contributed by atoms with Crippen molar-refractivity contribution in [3.8, 4) is 0 Å². The van der Waals surface area contributed by atoms with Crippen LogP contribution in [0.4, 0.5) is 0 Å². The van der Waals surface area contributed by atoms with Gasteiger partial charge in [0.05, 0.1) is 6.10 Å². The highest BCUT2D eigenvalue weighted by Gasteiger charge is 2.35. The standard InChI is InChI=1S/C23H34N4O2.HI/c1-24-23(27-15-19-7-2-3-8-20(19)16-27)26-13-17-6-4-9-18(12-17)22(28)25-14-21-10-5-11-29-21;/h4,6,9,12,19-21H,2-3,5,7-8,10-11,13-16H2,1H3,(H,24,26)(H,25,28);1H. The summed E-state index contributed by atoms with van der Waals surface area (Å²) >= 11 is 0. The van der Waals surface area contributed by atoms with Crippen molar-refractivity contribution < 1.29 is 9.53 Å². The number of rotatable bonds is 5. The van der Waals surface area contributed by atoms with Gasteiger partial charge in [0.2, 0.25) is 0 Å². The lowest BCUT2D eigenvalue weighted by Crippen LogP contribution is -2.40. The Balaban J connectivity index is 0.00000256. The third-order valence-electron chi connectivity index (χ3n) is 6.64. The second-order valence-corrected chi connectivity index (χ2v) is 8.66. The molecule has 7 heteroatoms. The van der Waals surface area contributed by atoms with Crippen molar-refractivity contribution in [3.05, 3.63) is 35.4 Å². The average Bonchev–Trinajstić information content (AvgIpc) is 3.42. The van der Waals surface area contributed by atoms with E-state index in [4.69, 9.17) is 4.74 Å². The molecule has 1 aromatic rings. The smallest absolute Gasteiger partial charge is 0.251 e. The monoisotopic (exact) mass is 526 g/mol. The molecular weight excluding hydrogens is 491 g/mol. The summed E-state index contributed by atoms with van der Waals surface area (Å²) in [5.74, 6) is 2.61. The van der Waals surface area contributed by atoms with Gasteiger partial charge in [-0.1, -0.05) is 25.0 Å². The lowest BCUT2D eigenvalue weighted by atomic mass is 9.82. The van der Waals surface area contributed by atoms with Crippen molar-refractivity contribution in [2.24, 2.45) is 16.8 Å². The molecule has 2 heterocycles. The zero-order chi connectivity index (χ0) is 20.1. The van der Waals surface area contributed by atoms with Crippen LogP contribution in [0.1, 0.15) is 54.4 Å². The average molecular weight is 526 g/mol. The van der Waals surface area contributed by atoms with E-state index in [1.165, 1.54) is 25.7 Å². The fourth-order valence-electron chi connectivity index (χ4n) is 5.03. The van der Waals surface area contributed by atoms with Crippen LogP contribution in [0.25, 0.3) is 0 Å². The Morgan fingerprint density at radius 3 is 2.57 bits per heavy atom. The lowest BCUT2D eigenvalue weighted by Gasteiger charge is -2.22. The number of guanidine groups is 1. The molecule has 3 atom stereocenters. The van der Waals surface area contributed by atoms with Crippen LogP contribution in [-0.4, -0.2) is 56.2 Å². The van der Waals surface area contributed by atoms with Crippen molar-refractivity contribution in [2.75, 3.05) is 33.3 Å². The number of aliphatic imine (C=N–C) groups is 1. The third-order valence-corrected chi connectivity index (χ3v) is 6.64. The molecule has 166 valence electrons. The first-order chi connectivity index (χ1) is 14.2. The van der Waals surface area contributed by atoms with E-state index in [0.717, 1.165) is 55.9 Å². The molecule has 3 aliphatic rings. The predicted molar refractivity (Wildman–Crippen MR) is 130 cm³/mol. The minimum atomic E-state index is -0.0321. The molecule has 1 aliphatic carbocycles. The highest BCUT2D eigenvalue weighted by molar-refractivity contribution is 14.0. The molecule has 0 aromatic heterocycles. The number of benzene rings is 1. The van der Waals surface area contributed by atoms with Gasteiger partial charge in [0.25, 0.3) is 5.91 Å². The van der Waals surface area contributed by atoms with E-state index < -0.39 is 0 Å². The number of nitrogens with zero attached hydrogens (tertiary/aromatic N) is 2. The summed E-state index contributed by atoms with van der Waals surface area (Å²) in [6.07, 6.45) is 7.76. The second kappa shape index (κ2) is 11.3. The van der Waals surface area contributed by atoms with Crippen LogP contribution in [0.5, 0.6) is 0 Å². The Morgan fingerprint density at radius 2 is 1.90 bits per heavy atom. The van der Waals surface area contributed by atoms with Gasteiger partial charge in [-0.25, -0.2) is 0 Å². The Morgan fingerprint density at radius 1 is 1.13 bits per heavy atom. The van der Waals surface area contributed by atoms with E-state index in [1.54, 1.807) is 0 Å². The molecule has 2 saturated heterocycles. The molecule has 0 spiro atoms. The van der Waals surface area contributed by atoms with Crippen molar-refractivity contribution >= 4 is 35.8 Å². The highest BCUT2D eigenvalue weighted by Crippen LogP contribution is 2.35. The number of hydrogen-bond acceptors (Lipinski definition) is 3. The maximum Gasteiger partial charge on any atom is 0.251 e. The summed E-state index contributed by atoms with van der Waals surface area (Å²) in [6.45, 7) is 4.31. The number of nitrogens with one attached hydrogen (secondary N) is 2. The van der Waals surface area contributed by atoms with Crippen molar-refractivity contribution in [1.82, 2.24) is 15.5 Å². The van der Waals surface area contributed by atoms with E-state index >= 15 is 0 Å². The van der Waals surface area contributed by atoms with Gasteiger partial charge in [0.1, 0.15) is 0 Å². The van der Waals surface area contributed by atoms with E-state index in [2.05, 4.69) is 26.6 Å². The van der Waals surface area contributed by atoms with Crippen LogP contribution in [-0.2, 0) is 11.3 Å². The number of fused-ring (bicyclic) bond motifs is 1. The first-order valence-electron chi connectivity index (χ1n) is 11.2. The number of carbonyl (C=O) groups excluding carboxylic acids is 1. The molecule has 2 N–H and O–H groups in total. The molecule has 0 radical (unpaired) electrons. The molecule has 1 aromatic carbocycles. The summed E-state index contributed by atoms with van der Waals surface area (Å²) in [7, 11) is 1.86. The number of likely N-dealkylation sites (tertiary alicyclic amines) is 1. The second-order valence-electron chi connectivity index (χ2n) is 8.66. The van der Waals surface area contributed by atoms with Crippen LogP contribution in [0.2, 0.25) is 0 Å². The van der Waals surface area contributed by atoms with E-state index in [9.17, 15) is 4.79 Å². The summed E-state index contributed by atoms with van der Waals surface area (Å²) in [6, 6.07) is 7.84. The fourth-order valence-corrected chi connectivity index (χ4v) is 5.03. The minimum absolute atomic E-state index is 0. The molecular formula is C23H35IN4O2. The van der Waals surface area contributed by atoms with Crippen LogP contribution < -0.4 is 10.6 Å². The maximum atomic E-state index is 12.5. The number of amides is 1. The van der Waals surface area contributed by atoms with Gasteiger partial charge in [-0.2, -0.15) is 0 Å². The number of halogens is 1. The maximum absolute atomic E-state index is 12.5. The minimum Gasteiger partial charge on any atom is -0.376 e. The van der Waals surface area contributed by atoms with Crippen molar-refractivity contribution in [3.63, 3.8) is 0 Å². The highest BCUT2D eigenvalue weighted by atomic mass is 127. The van der Waals surface area contributed by atoms with Gasteiger partial charge in [0.15, 0.2) is 5.96 Å². The quantitative estimate of drug-likeness (QED) is 0.351. The first kappa shape index (κ1) is 23.3. The van der Waals surface area contributed by atoms with Gasteiger partial charge in [-0.05, 0) is 55.2 Å². The van der Waals surface area contributed by atoms with Gasteiger partial charge < -0.3 is 20.3 Å². The molecule has 1 amide bonds. The Hall–Kier alpha value is -1.35. The Kier molecular flexibility index (Phi) is 8.80. The van der Waals surface area contributed by atoms with Crippen molar-refractivity contribution in [1.29, 1.82) is 0 Å². The largest absolute Gasteiger partial charge is 0.376 e. The molecule has 0 bridgehead atoms. The van der Waals surface area contributed by atoms with E-state index in [-0.39, 0.29) is 36.0 Å². The van der Waals surface area contributed by atoms with E-state index in [0.29, 0.717) is 18.7 Å². The van der Waals surface area contributed by atoms with Crippen molar-refractivity contribution in [2.45, 2.75) is 51.2 Å². The summed E-state index contributed by atoms with van der Waals surface area (Å²) in [5, 5.41) is 6.51. The van der Waals surface area contributed by atoms with Crippen LogP contribution >= 0.6 is 24.0 Å². The number of ether oxygens (including phenoxy) is 1. The molecule has 1 saturated carbocycles. The molecule has 3 fully saturated rings. The SMILES string of the molecule is CN=C(NCc1cccc(C(=O)NCC2CCCO2)c1)N1CC2CCCCC2C1.I. The molecule has 6 nitrogen and oxygen atoms in total. The van der Waals surface area contributed by atoms with Gasteiger partial charge >= 0.3 is 0 Å². The van der Waals surface area contributed by atoms with Crippen LogP contribution in [0.3, 0.4) is 0 Å². The predicted octanol–water partition coefficient (Wildman–Crippen LogP) is 3.41. The van der Waals surface area contributed by atoms with Gasteiger partial charge in [-0.15, -0.1) is 24.0 Å². The Bertz CT molecular complexity index is 722. The first-order valence-corrected chi connectivity index (χ1v) is 11.2. The Labute approximate surface area is 197 Å². The molecule has 30 heavy (non-hydrogen) atoms. The van der Waals surface area contributed by atoms with Crippen LogP contribution in [0, 0.1) is 11.8 Å². The van der Waals surface area contributed by atoms with Gasteiger partial charge in [0, 0.05) is 45.4 Å². The van der Waals surface area contributed by atoms with Gasteiger partial charge in [-0.3, -0.25) is 9.79 Å². The third kappa shape index (κ3) is 5.87. The zero-order valence-corrected chi connectivity index (χ0v) is 20.3. The number of hydrogen-bond donors (Lipinski definition) is 2. The number of carbonyl (C=O) groups is 1. The molecule has 2 aliphatic heterocycles. The molecule has 4 rings (SSSR count).